The third-order valence-electron chi connectivity index (χ3n) is 2.08. The highest BCUT2D eigenvalue weighted by molar-refractivity contribution is 9.10. The monoisotopic (exact) mass is 296 g/mol. The molecule has 90 valence electrons. The Kier molecular flexibility index (Phi) is 4.07. The fourth-order valence-corrected chi connectivity index (χ4v) is 1.78. The van der Waals surface area contributed by atoms with Crippen LogP contribution in [0.15, 0.2) is 22.7 Å². The minimum absolute atomic E-state index is 0.255. The highest BCUT2D eigenvalue weighted by Gasteiger charge is 2.30. The van der Waals surface area contributed by atoms with Crippen molar-refractivity contribution in [3.8, 4) is 0 Å². The number of rotatable bonds is 3. The molecule has 0 radical (unpaired) electrons. The van der Waals surface area contributed by atoms with E-state index in [2.05, 4.69) is 15.9 Å². The summed E-state index contributed by atoms with van der Waals surface area (Å²) in [7, 11) is 0. The molecule has 2 N–H and O–H groups in total. The highest BCUT2D eigenvalue weighted by atomic mass is 79.9. The molecule has 0 aromatic heterocycles. The maximum atomic E-state index is 12.3. The summed E-state index contributed by atoms with van der Waals surface area (Å²) in [6.07, 6.45) is -4.23. The minimum atomic E-state index is -4.23. The molecule has 2 nitrogen and oxygen atoms in total. The van der Waals surface area contributed by atoms with Gasteiger partial charge in [-0.15, -0.1) is 0 Å². The number of nitrogens with two attached hydrogens (primary N) is 1. The molecule has 0 amide bonds. The fraction of sp³-hybridized carbons (Fsp3) is 0.400. The van der Waals surface area contributed by atoms with Crippen molar-refractivity contribution in [2.75, 3.05) is 23.7 Å². The molecular formula is C10H12BrF3N2. The van der Waals surface area contributed by atoms with E-state index in [1.54, 1.807) is 25.1 Å². The number of nitrogen functional groups attached to an aromatic ring is 1. The van der Waals surface area contributed by atoms with Crippen molar-refractivity contribution in [1.29, 1.82) is 0 Å². The number of anilines is 2. The molecule has 0 saturated heterocycles. The second-order valence-electron chi connectivity index (χ2n) is 3.33. The van der Waals surface area contributed by atoms with Gasteiger partial charge in [0.05, 0.1) is 11.4 Å². The van der Waals surface area contributed by atoms with E-state index in [0.717, 1.165) is 4.47 Å². The molecule has 0 aliphatic heterocycles. The molecule has 1 rings (SSSR count). The Morgan fingerprint density at radius 3 is 2.44 bits per heavy atom. The van der Waals surface area contributed by atoms with Crippen LogP contribution < -0.4 is 10.6 Å². The topological polar surface area (TPSA) is 29.3 Å². The predicted molar refractivity (Wildman–Crippen MR) is 62.5 cm³/mol. The van der Waals surface area contributed by atoms with Crippen LogP contribution in [-0.4, -0.2) is 19.3 Å². The van der Waals surface area contributed by atoms with Gasteiger partial charge in [0.25, 0.3) is 0 Å². The van der Waals surface area contributed by atoms with E-state index in [0.29, 0.717) is 11.4 Å². The first-order chi connectivity index (χ1) is 7.33. The Hall–Kier alpha value is -0.910. The molecule has 0 fully saturated rings. The summed E-state index contributed by atoms with van der Waals surface area (Å²) in [5.41, 5.74) is 6.42. The predicted octanol–water partition coefficient (Wildman–Crippen LogP) is 3.42. The second kappa shape index (κ2) is 4.95. The lowest BCUT2D eigenvalue weighted by molar-refractivity contribution is -0.119. The van der Waals surface area contributed by atoms with Crippen LogP contribution in [0.3, 0.4) is 0 Å². The Morgan fingerprint density at radius 2 is 2.00 bits per heavy atom. The summed E-state index contributed by atoms with van der Waals surface area (Å²) < 4.78 is 37.6. The van der Waals surface area contributed by atoms with Crippen molar-refractivity contribution >= 4 is 27.3 Å². The third kappa shape index (κ3) is 3.59. The van der Waals surface area contributed by atoms with Crippen LogP contribution in [0.2, 0.25) is 0 Å². The highest BCUT2D eigenvalue weighted by Crippen LogP contribution is 2.29. The van der Waals surface area contributed by atoms with Crippen LogP contribution in [0.1, 0.15) is 6.92 Å². The Morgan fingerprint density at radius 1 is 1.38 bits per heavy atom. The summed E-state index contributed by atoms with van der Waals surface area (Å²) in [5, 5.41) is 0. The zero-order valence-corrected chi connectivity index (χ0v) is 10.3. The first-order valence-electron chi connectivity index (χ1n) is 4.70. The van der Waals surface area contributed by atoms with E-state index in [4.69, 9.17) is 5.73 Å². The van der Waals surface area contributed by atoms with E-state index in [1.165, 1.54) is 4.90 Å². The third-order valence-corrected chi connectivity index (χ3v) is 2.58. The zero-order valence-electron chi connectivity index (χ0n) is 8.68. The number of hydrogen-bond acceptors (Lipinski definition) is 2. The van der Waals surface area contributed by atoms with Crippen molar-refractivity contribution < 1.29 is 13.2 Å². The Balaban J connectivity index is 2.95. The van der Waals surface area contributed by atoms with E-state index in [-0.39, 0.29) is 6.54 Å². The maximum absolute atomic E-state index is 12.3. The Labute approximate surface area is 100 Å². The first-order valence-corrected chi connectivity index (χ1v) is 5.49. The number of halogens is 4. The molecule has 1 aromatic carbocycles. The van der Waals surface area contributed by atoms with Crippen LogP contribution in [0.4, 0.5) is 24.5 Å². The lowest BCUT2D eigenvalue weighted by Crippen LogP contribution is -2.34. The summed E-state index contributed by atoms with van der Waals surface area (Å²) in [6, 6.07) is 4.84. The van der Waals surface area contributed by atoms with Crippen molar-refractivity contribution in [2.24, 2.45) is 0 Å². The van der Waals surface area contributed by atoms with E-state index >= 15 is 0 Å². The van der Waals surface area contributed by atoms with Gasteiger partial charge in [0.2, 0.25) is 0 Å². The van der Waals surface area contributed by atoms with Gasteiger partial charge in [0.1, 0.15) is 6.54 Å². The molecule has 16 heavy (non-hydrogen) atoms. The van der Waals surface area contributed by atoms with Gasteiger partial charge >= 0.3 is 6.18 Å². The van der Waals surface area contributed by atoms with E-state index in [1.807, 2.05) is 0 Å². The maximum Gasteiger partial charge on any atom is 0.405 e. The van der Waals surface area contributed by atoms with Crippen LogP contribution in [0, 0.1) is 0 Å². The van der Waals surface area contributed by atoms with Crippen LogP contribution >= 0.6 is 15.9 Å². The fourth-order valence-electron chi connectivity index (χ4n) is 1.40. The summed E-state index contributed by atoms with van der Waals surface area (Å²) in [6.45, 7) is 0.925. The standard InChI is InChI=1S/C10H12BrF3N2/c1-2-16(6-10(12,13)14)9-4-3-7(11)5-8(9)15/h3-5H,2,6,15H2,1H3. The molecule has 0 heterocycles. The molecule has 1 aromatic rings. The smallest absolute Gasteiger partial charge is 0.397 e. The molecule has 0 saturated carbocycles. The molecule has 0 atom stereocenters. The van der Waals surface area contributed by atoms with Crippen LogP contribution in [0.5, 0.6) is 0 Å². The lowest BCUT2D eigenvalue weighted by atomic mass is 10.2. The van der Waals surface area contributed by atoms with Crippen molar-refractivity contribution in [2.45, 2.75) is 13.1 Å². The molecule has 0 aliphatic rings. The van der Waals surface area contributed by atoms with Gasteiger partial charge in [-0.25, -0.2) is 0 Å². The molecular weight excluding hydrogens is 285 g/mol. The minimum Gasteiger partial charge on any atom is -0.397 e. The van der Waals surface area contributed by atoms with Gasteiger partial charge in [0, 0.05) is 11.0 Å². The van der Waals surface area contributed by atoms with Crippen molar-refractivity contribution in [3.05, 3.63) is 22.7 Å². The summed E-state index contributed by atoms with van der Waals surface area (Å²) >= 11 is 3.21. The van der Waals surface area contributed by atoms with Crippen molar-refractivity contribution in [1.82, 2.24) is 0 Å². The molecule has 0 unspecified atom stereocenters. The van der Waals surface area contributed by atoms with Crippen LogP contribution in [0.25, 0.3) is 0 Å². The van der Waals surface area contributed by atoms with Gasteiger partial charge in [-0.2, -0.15) is 13.2 Å². The van der Waals surface area contributed by atoms with Gasteiger partial charge in [0.15, 0.2) is 0 Å². The summed E-state index contributed by atoms with van der Waals surface area (Å²) in [5.74, 6) is 0. The second-order valence-corrected chi connectivity index (χ2v) is 4.25. The number of benzene rings is 1. The molecule has 6 heteroatoms. The van der Waals surface area contributed by atoms with E-state index in [9.17, 15) is 13.2 Å². The largest absolute Gasteiger partial charge is 0.405 e. The quantitative estimate of drug-likeness (QED) is 0.866. The van der Waals surface area contributed by atoms with Crippen molar-refractivity contribution in [3.63, 3.8) is 0 Å². The van der Waals surface area contributed by atoms with E-state index < -0.39 is 12.7 Å². The van der Waals surface area contributed by atoms with Gasteiger partial charge < -0.3 is 10.6 Å². The van der Waals surface area contributed by atoms with Crippen LogP contribution in [-0.2, 0) is 0 Å². The number of hydrogen-bond donors (Lipinski definition) is 1. The first kappa shape index (κ1) is 13.2. The lowest BCUT2D eigenvalue weighted by Gasteiger charge is -2.25. The average molecular weight is 297 g/mol. The average Bonchev–Trinajstić information content (AvgIpc) is 2.13. The number of alkyl halides is 3. The van der Waals surface area contributed by atoms with Gasteiger partial charge in [-0.1, -0.05) is 15.9 Å². The Bertz CT molecular complexity index is 366. The number of nitrogens with zero attached hydrogens (tertiary/aromatic N) is 1. The zero-order chi connectivity index (χ0) is 12.3. The van der Waals surface area contributed by atoms with Gasteiger partial charge in [-0.3, -0.25) is 0 Å². The normalized spacial score (nSPS) is 11.6. The molecule has 0 spiro atoms. The summed E-state index contributed by atoms with van der Waals surface area (Å²) in [4.78, 5) is 1.20. The molecule has 0 bridgehead atoms. The SMILES string of the molecule is CCN(CC(F)(F)F)c1ccc(Br)cc1N. The van der Waals surface area contributed by atoms with Gasteiger partial charge in [-0.05, 0) is 25.1 Å². The molecule has 0 aliphatic carbocycles.